The highest BCUT2D eigenvalue weighted by atomic mass is 32.2. The molecule has 9 aromatic carbocycles. The Kier molecular flexibility index (Phi) is 6.22. The molecule has 0 unspecified atom stereocenters. The van der Waals surface area contributed by atoms with Gasteiger partial charge in [-0.05, 0) is 104 Å². The molecule has 0 atom stereocenters. The number of furan rings is 1. The summed E-state index contributed by atoms with van der Waals surface area (Å²) >= 11 is 1.87. The van der Waals surface area contributed by atoms with Crippen LogP contribution in [0, 0.1) is 0 Å². The lowest BCUT2D eigenvalue weighted by Crippen LogP contribution is -2.15. The third kappa shape index (κ3) is 4.52. The summed E-state index contributed by atoms with van der Waals surface area (Å²) in [7, 11) is 0. The van der Waals surface area contributed by atoms with Gasteiger partial charge in [0.2, 0.25) is 0 Å². The summed E-state index contributed by atoms with van der Waals surface area (Å²) in [4.78, 5) is 5.02. The second kappa shape index (κ2) is 11.1. The lowest BCUT2D eigenvalue weighted by Gasteiger charge is -2.35. The summed E-state index contributed by atoms with van der Waals surface area (Å²) in [5, 5.41) is 9.65. The van der Waals surface area contributed by atoms with Gasteiger partial charge in [0.15, 0.2) is 0 Å². The minimum atomic E-state index is 0.907. The molecule has 0 amide bonds. The van der Waals surface area contributed by atoms with E-state index in [0.717, 1.165) is 21.9 Å². The van der Waals surface area contributed by atoms with E-state index in [4.69, 9.17) is 4.42 Å². The van der Waals surface area contributed by atoms with Crippen molar-refractivity contribution in [2.75, 3.05) is 4.90 Å². The van der Waals surface area contributed by atoms with Gasteiger partial charge in [0, 0.05) is 25.9 Å². The molecule has 2 nitrogen and oxygen atoms in total. The summed E-state index contributed by atoms with van der Waals surface area (Å²) < 4.78 is 6.37. The van der Waals surface area contributed by atoms with Crippen molar-refractivity contribution in [2.45, 2.75) is 9.79 Å². The number of hydrogen-bond donors (Lipinski definition) is 0. The third-order valence-corrected chi connectivity index (χ3v) is 11.6. The number of anilines is 3. The fourth-order valence-corrected chi connectivity index (χ4v) is 9.06. The largest absolute Gasteiger partial charge is 0.456 e. The zero-order valence-corrected chi connectivity index (χ0v) is 28.3. The van der Waals surface area contributed by atoms with E-state index in [0.29, 0.717) is 0 Å². The quantitative estimate of drug-likeness (QED) is 0.187. The van der Waals surface area contributed by atoms with E-state index in [2.05, 4.69) is 181 Å². The van der Waals surface area contributed by atoms with Crippen molar-refractivity contribution >= 4 is 83.1 Å². The molecule has 1 aliphatic rings. The molecule has 2 heterocycles. The molecular formula is C48H29NOS. The number of nitrogens with zero attached hydrogens (tertiary/aromatic N) is 1. The molecule has 1 aromatic heterocycles. The van der Waals surface area contributed by atoms with Crippen LogP contribution in [-0.4, -0.2) is 0 Å². The Bertz CT molecular complexity index is 3010. The Labute approximate surface area is 299 Å². The molecule has 0 bridgehead atoms. The average molecular weight is 668 g/mol. The first kappa shape index (κ1) is 28.5. The standard InChI is InChI=1S/C48H29NOS/c1-2-10-30(11-3-1)37-24-36-15-7-8-16-38(36)43(28-37)49-42-21-18-31-12-6-9-17-39(31)48(42)51-47-23-20-35(27-44(47)49)34-19-22-45-40(26-34)41-25-32-13-4-5-14-33(32)29-46(41)50-45/h1-29H. The lowest BCUT2D eigenvalue weighted by atomic mass is 9.97. The lowest BCUT2D eigenvalue weighted by molar-refractivity contribution is 0.669. The van der Waals surface area contributed by atoms with Gasteiger partial charge in [-0.1, -0.05) is 133 Å². The Balaban J connectivity index is 1.15. The summed E-state index contributed by atoms with van der Waals surface area (Å²) in [5.74, 6) is 0. The van der Waals surface area contributed by atoms with Gasteiger partial charge in [-0.2, -0.15) is 0 Å². The van der Waals surface area contributed by atoms with Crippen LogP contribution in [0.3, 0.4) is 0 Å². The van der Waals surface area contributed by atoms with Crippen LogP contribution in [-0.2, 0) is 0 Å². The SMILES string of the molecule is c1ccc(-c2cc(N3c4cc(-c5ccc6oc7cc8ccccc8cc7c6c5)ccc4Sc4c3ccc3ccccc43)c3ccccc3c2)cc1. The van der Waals surface area contributed by atoms with Gasteiger partial charge in [0.25, 0.3) is 0 Å². The van der Waals surface area contributed by atoms with Crippen LogP contribution >= 0.6 is 11.8 Å². The zero-order valence-electron chi connectivity index (χ0n) is 27.5. The minimum Gasteiger partial charge on any atom is -0.456 e. The summed E-state index contributed by atoms with van der Waals surface area (Å²) in [6.45, 7) is 0. The Morgan fingerprint density at radius 2 is 1.02 bits per heavy atom. The van der Waals surface area contributed by atoms with Crippen molar-refractivity contribution in [3.63, 3.8) is 0 Å². The van der Waals surface area contributed by atoms with Crippen molar-refractivity contribution in [2.24, 2.45) is 0 Å². The Morgan fingerprint density at radius 3 is 1.88 bits per heavy atom. The number of rotatable bonds is 3. The predicted molar refractivity (Wildman–Crippen MR) is 216 cm³/mol. The molecule has 0 saturated carbocycles. The van der Waals surface area contributed by atoms with Crippen LogP contribution in [0.25, 0.3) is 76.5 Å². The first-order valence-electron chi connectivity index (χ1n) is 17.3. The van der Waals surface area contributed by atoms with Crippen LogP contribution in [0.5, 0.6) is 0 Å². The molecule has 3 heteroatoms. The van der Waals surface area contributed by atoms with Gasteiger partial charge >= 0.3 is 0 Å². The maximum absolute atomic E-state index is 6.37. The highest BCUT2D eigenvalue weighted by molar-refractivity contribution is 8.00. The van der Waals surface area contributed by atoms with Gasteiger partial charge in [0.1, 0.15) is 11.2 Å². The second-order valence-electron chi connectivity index (χ2n) is 13.3. The van der Waals surface area contributed by atoms with Gasteiger partial charge in [0.05, 0.1) is 17.1 Å². The molecular weight excluding hydrogens is 639 g/mol. The maximum atomic E-state index is 6.37. The highest BCUT2D eigenvalue weighted by Crippen LogP contribution is 2.56. The molecule has 0 aliphatic carbocycles. The van der Waals surface area contributed by atoms with Crippen LogP contribution < -0.4 is 4.90 Å². The third-order valence-electron chi connectivity index (χ3n) is 10.4. The maximum Gasteiger partial charge on any atom is 0.136 e. The van der Waals surface area contributed by atoms with E-state index < -0.39 is 0 Å². The van der Waals surface area contributed by atoms with Gasteiger partial charge < -0.3 is 9.32 Å². The topological polar surface area (TPSA) is 16.4 Å². The van der Waals surface area contributed by atoms with Crippen molar-refractivity contribution in [3.8, 4) is 22.3 Å². The Morgan fingerprint density at radius 1 is 0.353 bits per heavy atom. The van der Waals surface area contributed by atoms with E-state index >= 15 is 0 Å². The van der Waals surface area contributed by atoms with E-state index in [1.165, 1.54) is 81.4 Å². The van der Waals surface area contributed by atoms with E-state index in [-0.39, 0.29) is 0 Å². The van der Waals surface area contributed by atoms with Gasteiger partial charge in [-0.15, -0.1) is 0 Å². The van der Waals surface area contributed by atoms with E-state index in [1.807, 2.05) is 11.8 Å². The highest BCUT2D eigenvalue weighted by Gasteiger charge is 2.28. The van der Waals surface area contributed by atoms with E-state index in [1.54, 1.807) is 0 Å². The molecule has 1 aliphatic heterocycles. The van der Waals surface area contributed by atoms with Crippen molar-refractivity contribution in [1.82, 2.24) is 0 Å². The molecule has 0 fully saturated rings. The van der Waals surface area contributed by atoms with Crippen molar-refractivity contribution in [1.29, 1.82) is 0 Å². The normalized spacial score (nSPS) is 12.6. The summed E-state index contributed by atoms with van der Waals surface area (Å²) in [6, 6.07) is 64.0. The van der Waals surface area contributed by atoms with Crippen LogP contribution in [0.4, 0.5) is 17.1 Å². The predicted octanol–water partition coefficient (Wildman–Crippen LogP) is 14.3. The van der Waals surface area contributed by atoms with Crippen molar-refractivity contribution < 1.29 is 4.42 Å². The molecule has 238 valence electrons. The van der Waals surface area contributed by atoms with E-state index in [9.17, 15) is 0 Å². The monoisotopic (exact) mass is 667 g/mol. The van der Waals surface area contributed by atoms with Crippen LogP contribution in [0.1, 0.15) is 0 Å². The number of fused-ring (bicyclic) bond motifs is 9. The van der Waals surface area contributed by atoms with Crippen LogP contribution in [0.2, 0.25) is 0 Å². The fourth-order valence-electron chi connectivity index (χ4n) is 7.89. The molecule has 0 spiro atoms. The molecule has 51 heavy (non-hydrogen) atoms. The molecule has 10 aromatic rings. The van der Waals surface area contributed by atoms with Gasteiger partial charge in [-0.25, -0.2) is 0 Å². The molecule has 0 saturated heterocycles. The Hall–Kier alpha value is -6.29. The fraction of sp³-hybridized carbons (Fsp3) is 0. The van der Waals surface area contributed by atoms with Gasteiger partial charge in [-0.3, -0.25) is 0 Å². The molecule has 11 rings (SSSR count). The molecule has 0 N–H and O–H groups in total. The summed E-state index contributed by atoms with van der Waals surface area (Å²) in [6.07, 6.45) is 0. The number of benzene rings is 9. The first-order chi connectivity index (χ1) is 25.2. The second-order valence-corrected chi connectivity index (χ2v) is 14.4. The zero-order chi connectivity index (χ0) is 33.5. The smallest absolute Gasteiger partial charge is 0.136 e. The van der Waals surface area contributed by atoms with Crippen LogP contribution in [0.15, 0.2) is 190 Å². The number of hydrogen-bond acceptors (Lipinski definition) is 3. The summed E-state index contributed by atoms with van der Waals surface area (Å²) in [5.41, 5.74) is 10.1. The molecule has 0 radical (unpaired) electrons. The first-order valence-corrected chi connectivity index (χ1v) is 18.1. The minimum absolute atomic E-state index is 0.907. The van der Waals surface area contributed by atoms with Crippen molar-refractivity contribution in [3.05, 3.63) is 176 Å². The average Bonchev–Trinajstić information content (AvgIpc) is 3.55.